The predicted octanol–water partition coefficient (Wildman–Crippen LogP) is 5.88. The Kier molecular flexibility index (Phi) is 6.24. The van der Waals surface area contributed by atoms with Crippen LogP contribution >= 0.6 is 0 Å². The van der Waals surface area contributed by atoms with Crippen molar-refractivity contribution in [3.8, 4) is 12.1 Å². The highest BCUT2D eigenvalue weighted by Gasteiger charge is 2.41. The Bertz CT molecular complexity index is 1580. The smallest absolute Gasteiger partial charge is 0.123 e. The summed E-state index contributed by atoms with van der Waals surface area (Å²) in [5.41, 5.74) is 4.05. The summed E-state index contributed by atoms with van der Waals surface area (Å²) in [5.74, 6) is -0.334. The molecule has 8 nitrogen and oxygen atoms in total. The molecule has 0 saturated heterocycles. The van der Waals surface area contributed by atoms with Gasteiger partial charge in [-0.25, -0.2) is 9.07 Å². The second kappa shape index (κ2) is 9.42. The van der Waals surface area contributed by atoms with Crippen molar-refractivity contribution in [2.24, 2.45) is 5.41 Å². The fourth-order valence-corrected chi connectivity index (χ4v) is 4.33. The SMILES string of the molecule is CC(C)(C)CNc1c(C#N)cnc2c(N[C@@H](c3ccc(F)cc3)c3cn(C4(C)CC4)nn3)cc(C#N)cc12. The number of anilines is 2. The second-order valence-electron chi connectivity index (χ2n) is 11.3. The molecule has 0 bridgehead atoms. The topological polar surface area (TPSA) is 115 Å². The summed E-state index contributed by atoms with van der Waals surface area (Å²) in [7, 11) is 0. The Hall–Kier alpha value is -4.50. The molecule has 2 aromatic heterocycles. The van der Waals surface area contributed by atoms with Gasteiger partial charge < -0.3 is 10.6 Å². The average molecular weight is 509 g/mol. The van der Waals surface area contributed by atoms with E-state index in [4.69, 9.17) is 0 Å². The number of nitrogens with zero attached hydrogens (tertiary/aromatic N) is 6. The van der Waals surface area contributed by atoms with E-state index in [9.17, 15) is 14.9 Å². The number of halogens is 1. The van der Waals surface area contributed by atoms with Crippen LogP contribution in [0.5, 0.6) is 0 Å². The molecule has 0 aliphatic heterocycles. The van der Waals surface area contributed by atoms with Crippen molar-refractivity contribution < 1.29 is 4.39 Å². The minimum absolute atomic E-state index is 0.0328. The van der Waals surface area contributed by atoms with Crippen LogP contribution < -0.4 is 10.6 Å². The summed E-state index contributed by atoms with van der Waals surface area (Å²) >= 11 is 0. The van der Waals surface area contributed by atoms with Crippen LogP contribution in [0.15, 0.2) is 48.8 Å². The largest absolute Gasteiger partial charge is 0.383 e. The van der Waals surface area contributed by atoms with E-state index in [-0.39, 0.29) is 16.8 Å². The molecule has 1 atom stereocenters. The lowest BCUT2D eigenvalue weighted by molar-refractivity contribution is 0.443. The molecule has 2 N–H and O–H groups in total. The number of pyridine rings is 1. The number of hydrogen-bond acceptors (Lipinski definition) is 7. The summed E-state index contributed by atoms with van der Waals surface area (Å²) in [4.78, 5) is 4.61. The Labute approximate surface area is 221 Å². The first kappa shape index (κ1) is 25.2. The first-order valence-corrected chi connectivity index (χ1v) is 12.6. The van der Waals surface area contributed by atoms with Crippen LogP contribution in [-0.2, 0) is 5.54 Å². The summed E-state index contributed by atoms with van der Waals surface area (Å²) in [6, 6.07) is 13.7. The molecule has 0 radical (unpaired) electrons. The van der Waals surface area contributed by atoms with E-state index in [0.717, 1.165) is 18.4 Å². The van der Waals surface area contributed by atoms with Crippen LogP contribution in [-0.4, -0.2) is 26.5 Å². The number of aromatic nitrogens is 4. The molecule has 5 rings (SSSR count). The Morgan fingerprint density at radius 1 is 1.13 bits per heavy atom. The van der Waals surface area contributed by atoms with Crippen molar-refractivity contribution in [2.45, 2.75) is 52.1 Å². The van der Waals surface area contributed by atoms with Gasteiger partial charge in [-0.2, -0.15) is 10.5 Å². The molecule has 192 valence electrons. The van der Waals surface area contributed by atoms with Gasteiger partial charge in [0.1, 0.15) is 17.6 Å². The fourth-order valence-electron chi connectivity index (χ4n) is 4.33. The quantitative estimate of drug-likeness (QED) is 0.320. The minimum atomic E-state index is -0.479. The highest BCUT2D eigenvalue weighted by molar-refractivity contribution is 6.01. The highest BCUT2D eigenvalue weighted by Crippen LogP contribution is 2.42. The Morgan fingerprint density at radius 3 is 2.50 bits per heavy atom. The molecule has 0 amide bonds. The maximum atomic E-state index is 13.8. The summed E-state index contributed by atoms with van der Waals surface area (Å²) in [6.07, 6.45) is 5.53. The number of nitrogens with one attached hydrogen (secondary N) is 2. The first-order valence-electron chi connectivity index (χ1n) is 12.6. The van der Waals surface area contributed by atoms with Gasteiger partial charge in [-0.05, 0) is 55.0 Å². The third-order valence-corrected chi connectivity index (χ3v) is 6.85. The van der Waals surface area contributed by atoms with Crippen molar-refractivity contribution in [3.05, 3.63) is 77.0 Å². The lowest BCUT2D eigenvalue weighted by Gasteiger charge is -2.23. The molecule has 1 aliphatic carbocycles. The molecule has 1 fully saturated rings. The van der Waals surface area contributed by atoms with E-state index in [1.807, 2.05) is 10.9 Å². The van der Waals surface area contributed by atoms with E-state index in [1.54, 1.807) is 30.5 Å². The third-order valence-electron chi connectivity index (χ3n) is 6.85. The van der Waals surface area contributed by atoms with Gasteiger partial charge in [-0.3, -0.25) is 4.98 Å². The van der Waals surface area contributed by atoms with Gasteiger partial charge in [-0.1, -0.05) is 38.1 Å². The predicted molar refractivity (Wildman–Crippen MR) is 144 cm³/mol. The average Bonchev–Trinajstić information content (AvgIpc) is 3.44. The van der Waals surface area contributed by atoms with Gasteiger partial charge >= 0.3 is 0 Å². The maximum absolute atomic E-state index is 13.8. The van der Waals surface area contributed by atoms with E-state index in [2.05, 4.69) is 65.8 Å². The van der Waals surface area contributed by atoms with Gasteiger partial charge in [0.15, 0.2) is 0 Å². The lowest BCUT2D eigenvalue weighted by Crippen LogP contribution is -2.20. The number of rotatable bonds is 7. The van der Waals surface area contributed by atoms with Crippen molar-refractivity contribution in [3.63, 3.8) is 0 Å². The molecule has 4 aromatic rings. The normalized spacial score (nSPS) is 14.9. The molecule has 1 aliphatic rings. The van der Waals surface area contributed by atoms with Crippen LogP contribution in [0.4, 0.5) is 15.8 Å². The summed E-state index contributed by atoms with van der Waals surface area (Å²) in [5, 5.41) is 36.0. The van der Waals surface area contributed by atoms with Crippen LogP contribution in [0.3, 0.4) is 0 Å². The summed E-state index contributed by atoms with van der Waals surface area (Å²) in [6.45, 7) is 9.07. The molecule has 2 aromatic carbocycles. The Balaban J connectivity index is 1.63. The zero-order valence-electron chi connectivity index (χ0n) is 21.9. The molecular weight excluding hydrogens is 479 g/mol. The second-order valence-corrected chi connectivity index (χ2v) is 11.3. The van der Waals surface area contributed by atoms with Gasteiger partial charge in [0.25, 0.3) is 0 Å². The highest BCUT2D eigenvalue weighted by atomic mass is 19.1. The van der Waals surface area contributed by atoms with E-state index in [0.29, 0.717) is 45.6 Å². The maximum Gasteiger partial charge on any atom is 0.123 e. The Morgan fingerprint density at radius 2 is 1.87 bits per heavy atom. The fraction of sp³-hybridized carbons (Fsp3) is 0.345. The molecule has 38 heavy (non-hydrogen) atoms. The van der Waals surface area contributed by atoms with Crippen LogP contribution in [0.25, 0.3) is 10.9 Å². The van der Waals surface area contributed by atoms with Gasteiger partial charge in [0.05, 0.1) is 51.9 Å². The number of fused-ring (bicyclic) bond motifs is 1. The van der Waals surface area contributed by atoms with E-state index < -0.39 is 6.04 Å². The van der Waals surface area contributed by atoms with E-state index in [1.165, 1.54) is 12.1 Å². The molecule has 0 unspecified atom stereocenters. The molecule has 2 heterocycles. The van der Waals surface area contributed by atoms with Gasteiger partial charge in [0, 0.05) is 18.1 Å². The van der Waals surface area contributed by atoms with Gasteiger partial charge in [-0.15, -0.1) is 5.10 Å². The zero-order chi connectivity index (χ0) is 27.1. The van der Waals surface area contributed by atoms with Crippen LogP contribution in [0.1, 0.15) is 69.0 Å². The first-order chi connectivity index (χ1) is 18.1. The minimum Gasteiger partial charge on any atom is -0.383 e. The lowest BCUT2D eigenvalue weighted by atomic mass is 9.96. The summed E-state index contributed by atoms with van der Waals surface area (Å²) < 4.78 is 15.7. The number of benzene rings is 2. The molecule has 0 spiro atoms. The van der Waals surface area contributed by atoms with Crippen LogP contribution in [0, 0.1) is 33.9 Å². The standard InChI is InChI=1S/C29H29FN8/c1-28(2,3)17-34-25-20(14-32)15-33-27-22(25)11-18(13-31)12-23(27)35-26(19-5-7-21(30)8-6-19)24-16-38(37-36-24)29(4)9-10-29/h5-8,11-12,15-16,26,35H,9-10,17H2,1-4H3,(H,33,34)/t26-/m0/s1. The molecular formula is C29H29FN8. The number of nitriles is 2. The third kappa shape index (κ3) is 5.01. The molecule has 1 saturated carbocycles. The number of hydrogen-bond donors (Lipinski definition) is 2. The van der Waals surface area contributed by atoms with Crippen molar-refractivity contribution in [1.82, 2.24) is 20.0 Å². The van der Waals surface area contributed by atoms with Crippen molar-refractivity contribution in [2.75, 3.05) is 17.2 Å². The van der Waals surface area contributed by atoms with Crippen LogP contribution in [0.2, 0.25) is 0 Å². The van der Waals surface area contributed by atoms with Crippen molar-refractivity contribution in [1.29, 1.82) is 10.5 Å². The zero-order valence-corrected chi connectivity index (χ0v) is 21.9. The van der Waals surface area contributed by atoms with E-state index >= 15 is 0 Å². The molecule has 9 heteroatoms. The van der Waals surface area contributed by atoms with Gasteiger partial charge in [0.2, 0.25) is 0 Å². The van der Waals surface area contributed by atoms with Crippen molar-refractivity contribution >= 4 is 22.3 Å². The monoisotopic (exact) mass is 508 g/mol.